The molecule has 0 amide bonds. The molecule has 0 aliphatic carbocycles. The van der Waals surface area contributed by atoms with Crippen molar-refractivity contribution in [2.75, 3.05) is 0 Å². The van der Waals surface area contributed by atoms with Crippen molar-refractivity contribution in [3.8, 4) is 45.0 Å². The third kappa shape index (κ3) is 4.93. The Hall–Kier alpha value is -8.01. The molecular weight excluding hydrogens is 727 g/mol. The quantitative estimate of drug-likeness (QED) is 0.168. The molecule has 0 atom stereocenters. The van der Waals surface area contributed by atoms with Gasteiger partial charge in [-0.1, -0.05) is 164 Å². The Morgan fingerprint density at radius 3 is 1.52 bits per heavy atom. The van der Waals surface area contributed by atoms with Crippen molar-refractivity contribution in [1.29, 1.82) is 0 Å². The predicted molar refractivity (Wildman–Crippen MR) is 253 cm³/mol. The van der Waals surface area contributed by atoms with Crippen LogP contribution in [-0.4, -0.2) is 15.0 Å². The summed E-state index contributed by atoms with van der Waals surface area (Å²) in [7, 11) is 0. The van der Waals surface area contributed by atoms with Gasteiger partial charge in [-0.15, -0.1) is 0 Å². The number of pyridine rings is 1. The first kappa shape index (κ1) is 33.0. The van der Waals surface area contributed by atoms with Crippen LogP contribution < -0.4 is 0 Å². The SMILES string of the molecule is c1ccc(-c2nc(-c3cnc4ccccc4c3)cc(-c3ccc(-c4cc5ccc6cccc7c8cccc9ccc%10cccc(c(c4)c5c67)c%10c98)c4ccccc34)n2)cc1. The van der Waals surface area contributed by atoms with Crippen LogP contribution >= 0.6 is 0 Å². The minimum Gasteiger partial charge on any atom is -0.256 e. The van der Waals surface area contributed by atoms with Gasteiger partial charge >= 0.3 is 0 Å². The van der Waals surface area contributed by atoms with E-state index in [-0.39, 0.29) is 0 Å². The molecule has 13 aromatic rings. The standard InChI is InChI=1S/C57H33N3/c1-2-11-37(12-3-1)57-59-51(41-29-38-13-4-7-22-50(38)58-33-41)32-52(60-57)45-28-27-42(43-17-5-6-18-44(43)45)40-30-39-26-25-36-15-9-20-47-46-19-8-14-34-23-24-35-16-10-21-48(55(35)53(34)46)49(31-40)56(39)54(36)47/h1-33H. The number of rotatable bonds is 4. The van der Waals surface area contributed by atoms with Gasteiger partial charge in [-0.3, -0.25) is 4.98 Å². The first-order valence-corrected chi connectivity index (χ1v) is 20.5. The van der Waals surface area contributed by atoms with E-state index in [0.717, 1.165) is 44.4 Å². The Kier molecular flexibility index (Phi) is 7.01. The fraction of sp³-hybridized carbons (Fsp3) is 0. The minimum absolute atomic E-state index is 0.683. The van der Waals surface area contributed by atoms with Gasteiger partial charge in [0, 0.05) is 28.3 Å². The molecule has 11 aromatic carbocycles. The third-order valence-corrected chi connectivity index (χ3v) is 12.6. The normalized spacial score (nSPS) is 12.0. The molecule has 13 rings (SSSR count). The van der Waals surface area contributed by atoms with Gasteiger partial charge in [0.1, 0.15) is 0 Å². The second-order valence-electron chi connectivity index (χ2n) is 15.9. The Morgan fingerprint density at radius 1 is 0.283 bits per heavy atom. The van der Waals surface area contributed by atoms with Crippen molar-refractivity contribution in [3.63, 3.8) is 0 Å². The topological polar surface area (TPSA) is 38.7 Å². The predicted octanol–water partition coefficient (Wildman–Crippen LogP) is 15.2. The van der Waals surface area contributed by atoms with E-state index in [1.165, 1.54) is 81.1 Å². The van der Waals surface area contributed by atoms with Gasteiger partial charge in [0.2, 0.25) is 0 Å². The van der Waals surface area contributed by atoms with E-state index >= 15 is 0 Å². The van der Waals surface area contributed by atoms with E-state index in [4.69, 9.17) is 15.0 Å². The van der Waals surface area contributed by atoms with Crippen LogP contribution in [0, 0.1) is 0 Å². The summed E-state index contributed by atoms with van der Waals surface area (Å²) in [5.41, 5.74) is 8.02. The van der Waals surface area contributed by atoms with Gasteiger partial charge in [0.15, 0.2) is 5.82 Å². The van der Waals surface area contributed by atoms with Gasteiger partial charge in [0.05, 0.1) is 16.9 Å². The van der Waals surface area contributed by atoms with Gasteiger partial charge in [-0.25, -0.2) is 9.97 Å². The lowest BCUT2D eigenvalue weighted by molar-refractivity contribution is 1.18. The second-order valence-corrected chi connectivity index (χ2v) is 15.9. The maximum absolute atomic E-state index is 5.26. The summed E-state index contributed by atoms with van der Waals surface area (Å²) in [5.74, 6) is 0.683. The Labute approximate surface area is 345 Å². The average Bonchev–Trinajstić information content (AvgIpc) is 3.32. The monoisotopic (exact) mass is 759 g/mol. The fourth-order valence-corrected chi connectivity index (χ4v) is 9.87. The Bertz CT molecular complexity index is 3880. The fourth-order valence-electron chi connectivity index (χ4n) is 9.87. The van der Waals surface area contributed by atoms with Crippen LogP contribution in [-0.2, 0) is 0 Å². The lowest BCUT2D eigenvalue weighted by atomic mass is 9.86. The van der Waals surface area contributed by atoms with Crippen molar-refractivity contribution in [2.24, 2.45) is 0 Å². The maximum Gasteiger partial charge on any atom is 0.160 e. The van der Waals surface area contributed by atoms with Crippen LogP contribution in [0.25, 0.3) is 131 Å². The zero-order valence-corrected chi connectivity index (χ0v) is 32.4. The van der Waals surface area contributed by atoms with Gasteiger partial charge < -0.3 is 0 Å². The summed E-state index contributed by atoms with van der Waals surface area (Å²) >= 11 is 0. The van der Waals surface area contributed by atoms with E-state index in [9.17, 15) is 0 Å². The molecule has 0 saturated heterocycles. The van der Waals surface area contributed by atoms with Crippen molar-refractivity contribution in [2.45, 2.75) is 0 Å². The van der Waals surface area contributed by atoms with E-state index in [1.807, 2.05) is 36.5 Å². The number of hydrogen-bond donors (Lipinski definition) is 0. The lowest BCUT2D eigenvalue weighted by Gasteiger charge is -2.18. The number of nitrogens with zero attached hydrogens (tertiary/aromatic N) is 3. The van der Waals surface area contributed by atoms with Gasteiger partial charge in [-0.2, -0.15) is 0 Å². The smallest absolute Gasteiger partial charge is 0.160 e. The minimum atomic E-state index is 0.683. The number of hydrogen-bond acceptors (Lipinski definition) is 3. The van der Waals surface area contributed by atoms with Crippen LogP contribution in [0.4, 0.5) is 0 Å². The first-order chi connectivity index (χ1) is 29.7. The van der Waals surface area contributed by atoms with Crippen LogP contribution in [0.5, 0.6) is 0 Å². The summed E-state index contributed by atoms with van der Waals surface area (Å²) in [6.07, 6.45) is 1.92. The third-order valence-electron chi connectivity index (χ3n) is 12.6. The molecular formula is C57H33N3. The van der Waals surface area contributed by atoms with E-state index in [0.29, 0.717) is 5.82 Å². The van der Waals surface area contributed by atoms with Crippen LogP contribution in [0.1, 0.15) is 0 Å². The molecule has 3 heteroatoms. The molecule has 0 unspecified atom stereocenters. The molecule has 0 aliphatic heterocycles. The number of fused-ring (bicyclic) bond motifs is 4. The van der Waals surface area contributed by atoms with Crippen molar-refractivity contribution < 1.29 is 0 Å². The summed E-state index contributed by atoms with van der Waals surface area (Å²) in [6, 6.07) is 70.4. The average molecular weight is 760 g/mol. The zero-order valence-electron chi connectivity index (χ0n) is 32.4. The second kappa shape index (κ2) is 12.7. The summed E-state index contributed by atoms with van der Waals surface area (Å²) in [6.45, 7) is 0. The molecule has 0 saturated carbocycles. The summed E-state index contributed by atoms with van der Waals surface area (Å²) < 4.78 is 0. The van der Waals surface area contributed by atoms with Crippen LogP contribution in [0.2, 0.25) is 0 Å². The highest BCUT2D eigenvalue weighted by atomic mass is 14.9. The Morgan fingerprint density at radius 2 is 0.800 bits per heavy atom. The molecule has 0 radical (unpaired) electrons. The van der Waals surface area contributed by atoms with Crippen molar-refractivity contribution >= 4 is 86.3 Å². The molecule has 2 aromatic heterocycles. The highest BCUT2D eigenvalue weighted by Crippen LogP contribution is 2.46. The molecule has 0 bridgehead atoms. The number of benzene rings is 10. The maximum atomic E-state index is 5.26. The van der Waals surface area contributed by atoms with Gasteiger partial charge in [-0.05, 0) is 117 Å². The van der Waals surface area contributed by atoms with E-state index in [1.54, 1.807) is 0 Å². The highest BCUT2D eigenvalue weighted by molar-refractivity contribution is 6.37. The molecule has 0 fully saturated rings. The molecule has 0 aliphatic rings. The number of para-hydroxylation sites is 1. The molecule has 2 heterocycles. The van der Waals surface area contributed by atoms with Crippen LogP contribution in [0.3, 0.4) is 0 Å². The largest absolute Gasteiger partial charge is 0.256 e. The van der Waals surface area contributed by atoms with Crippen molar-refractivity contribution in [1.82, 2.24) is 15.0 Å². The summed E-state index contributed by atoms with van der Waals surface area (Å²) in [4.78, 5) is 15.2. The number of aromatic nitrogens is 3. The lowest BCUT2D eigenvalue weighted by Crippen LogP contribution is -1.97. The van der Waals surface area contributed by atoms with Crippen LogP contribution in [0.15, 0.2) is 200 Å². The molecule has 0 spiro atoms. The first-order valence-electron chi connectivity index (χ1n) is 20.5. The molecule has 0 N–H and O–H groups in total. The molecule has 276 valence electrons. The highest BCUT2D eigenvalue weighted by Gasteiger charge is 2.19. The van der Waals surface area contributed by atoms with Crippen molar-refractivity contribution in [3.05, 3.63) is 200 Å². The zero-order chi connectivity index (χ0) is 39.3. The molecule has 60 heavy (non-hydrogen) atoms. The van der Waals surface area contributed by atoms with E-state index < -0.39 is 0 Å². The molecule has 3 nitrogen and oxygen atoms in total. The van der Waals surface area contributed by atoms with E-state index in [2.05, 4.69) is 164 Å². The summed E-state index contributed by atoms with van der Waals surface area (Å²) in [5, 5.41) is 18.7. The van der Waals surface area contributed by atoms with Gasteiger partial charge in [0.25, 0.3) is 0 Å². The Balaban J connectivity index is 1.08.